The summed E-state index contributed by atoms with van der Waals surface area (Å²) in [5.41, 5.74) is -1.21. The summed E-state index contributed by atoms with van der Waals surface area (Å²) in [7, 11) is 0. The molecule has 0 bridgehead atoms. The van der Waals surface area contributed by atoms with Gasteiger partial charge in [0, 0.05) is 23.9 Å². The molecule has 5 nitrogen and oxygen atoms in total. The van der Waals surface area contributed by atoms with Gasteiger partial charge >= 0.3 is 6.18 Å². The van der Waals surface area contributed by atoms with E-state index in [1.165, 1.54) is 6.92 Å². The maximum atomic E-state index is 13.2. The molecular weight excluding hydrogens is 335 g/mol. The third-order valence-corrected chi connectivity index (χ3v) is 2.86. The highest BCUT2D eigenvalue weighted by molar-refractivity contribution is 5.58. The van der Waals surface area contributed by atoms with Crippen LogP contribution < -0.4 is 10.6 Å². The lowest BCUT2D eigenvalue weighted by Crippen LogP contribution is -2.22. The fraction of sp³-hybridized carbons (Fsp3) is 0.286. The second-order valence-corrected chi connectivity index (χ2v) is 4.94. The van der Waals surface area contributed by atoms with Gasteiger partial charge in [0.2, 0.25) is 5.95 Å². The minimum Gasteiger partial charge on any atom is -0.394 e. The highest BCUT2D eigenvalue weighted by atomic mass is 19.4. The summed E-state index contributed by atoms with van der Waals surface area (Å²) in [4.78, 5) is 7.16. The molecule has 24 heavy (non-hydrogen) atoms. The molecule has 0 saturated heterocycles. The van der Waals surface area contributed by atoms with Gasteiger partial charge in [-0.3, -0.25) is 0 Å². The van der Waals surface area contributed by atoms with E-state index < -0.39 is 29.5 Å². The summed E-state index contributed by atoms with van der Waals surface area (Å²) in [6, 6.07) is 2.82. The van der Waals surface area contributed by atoms with E-state index in [4.69, 9.17) is 5.11 Å². The number of rotatable bonds is 5. The number of hydrogen-bond donors (Lipinski definition) is 3. The van der Waals surface area contributed by atoms with E-state index in [1.807, 2.05) is 0 Å². The van der Waals surface area contributed by atoms with Crippen LogP contribution in [0.4, 0.5) is 39.4 Å². The quantitative estimate of drug-likeness (QED) is 0.724. The molecule has 0 spiro atoms. The van der Waals surface area contributed by atoms with Crippen molar-refractivity contribution in [3.63, 3.8) is 0 Å². The van der Waals surface area contributed by atoms with Crippen LogP contribution in [0.1, 0.15) is 12.6 Å². The molecule has 3 N–H and O–H groups in total. The Morgan fingerprint density at radius 1 is 1.12 bits per heavy atom. The minimum atomic E-state index is -4.73. The smallest absolute Gasteiger partial charge is 0.394 e. The molecule has 0 fully saturated rings. The van der Waals surface area contributed by atoms with Gasteiger partial charge in [0.15, 0.2) is 17.3 Å². The molecule has 0 amide bonds. The van der Waals surface area contributed by atoms with Crippen LogP contribution in [0, 0.1) is 11.6 Å². The third kappa shape index (κ3) is 4.51. The Morgan fingerprint density at radius 3 is 2.42 bits per heavy atom. The van der Waals surface area contributed by atoms with Crippen molar-refractivity contribution in [3.8, 4) is 0 Å². The monoisotopic (exact) mass is 348 g/mol. The van der Waals surface area contributed by atoms with Crippen LogP contribution >= 0.6 is 0 Å². The van der Waals surface area contributed by atoms with Crippen molar-refractivity contribution in [2.24, 2.45) is 0 Å². The lowest BCUT2D eigenvalue weighted by Gasteiger charge is -2.15. The second kappa shape index (κ2) is 6.95. The molecular formula is C14H13F5N4O. The third-order valence-electron chi connectivity index (χ3n) is 2.86. The van der Waals surface area contributed by atoms with Crippen LogP contribution in [0.3, 0.4) is 0 Å². The van der Waals surface area contributed by atoms with E-state index in [1.54, 1.807) is 0 Å². The summed E-state index contributed by atoms with van der Waals surface area (Å²) in [6.07, 6.45) is -4.73. The largest absolute Gasteiger partial charge is 0.433 e. The summed E-state index contributed by atoms with van der Waals surface area (Å²) in [5.74, 6) is -2.87. The van der Waals surface area contributed by atoms with Crippen LogP contribution in [0.25, 0.3) is 0 Å². The topological polar surface area (TPSA) is 70.1 Å². The molecule has 10 heteroatoms. The van der Waals surface area contributed by atoms with Gasteiger partial charge in [-0.1, -0.05) is 0 Å². The highest BCUT2D eigenvalue weighted by Gasteiger charge is 2.34. The zero-order valence-corrected chi connectivity index (χ0v) is 12.3. The van der Waals surface area contributed by atoms with Crippen molar-refractivity contribution in [2.45, 2.75) is 19.1 Å². The number of benzene rings is 1. The van der Waals surface area contributed by atoms with E-state index in [0.717, 1.165) is 18.2 Å². The normalized spacial score (nSPS) is 12.8. The fourth-order valence-corrected chi connectivity index (χ4v) is 1.71. The number of nitrogens with one attached hydrogen (secondary N) is 2. The predicted molar refractivity (Wildman–Crippen MR) is 76.8 cm³/mol. The van der Waals surface area contributed by atoms with Gasteiger partial charge in [-0.15, -0.1) is 0 Å². The second-order valence-electron chi connectivity index (χ2n) is 4.94. The Hall–Kier alpha value is -2.49. The van der Waals surface area contributed by atoms with Gasteiger partial charge in [-0.05, 0) is 19.1 Å². The number of alkyl halides is 3. The molecule has 0 aliphatic carbocycles. The minimum absolute atomic E-state index is 0.0156. The SMILES string of the molecule is C[C@H](CO)Nc1nc(Nc2ccc(F)c(F)c2)cc(C(F)(F)F)n1. The highest BCUT2D eigenvalue weighted by Crippen LogP contribution is 2.30. The van der Waals surface area contributed by atoms with Crippen LogP contribution in [0.15, 0.2) is 24.3 Å². The molecule has 0 saturated carbocycles. The zero-order chi connectivity index (χ0) is 17.9. The Bertz CT molecular complexity index is 723. The lowest BCUT2D eigenvalue weighted by molar-refractivity contribution is -0.141. The first-order valence-electron chi connectivity index (χ1n) is 6.75. The first-order valence-corrected chi connectivity index (χ1v) is 6.75. The molecule has 0 radical (unpaired) electrons. The Kier molecular flexibility index (Phi) is 5.17. The van der Waals surface area contributed by atoms with E-state index in [2.05, 4.69) is 20.6 Å². The summed E-state index contributed by atoms with van der Waals surface area (Å²) >= 11 is 0. The first kappa shape index (κ1) is 17.9. The number of aliphatic hydroxyl groups is 1. The molecule has 130 valence electrons. The van der Waals surface area contributed by atoms with Gasteiger partial charge in [-0.2, -0.15) is 18.2 Å². The van der Waals surface area contributed by atoms with E-state index in [9.17, 15) is 22.0 Å². The van der Waals surface area contributed by atoms with Crippen molar-refractivity contribution >= 4 is 17.5 Å². The van der Waals surface area contributed by atoms with Crippen molar-refractivity contribution in [3.05, 3.63) is 41.6 Å². The molecule has 1 aromatic heterocycles. The van der Waals surface area contributed by atoms with Gasteiger partial charge in [0.05, 0.1) is 6.61 Å². The number of anilines is 3. The Labute approximate surface area is 133 Å². The molecule has 1 aromatic carbocycles. The molecule has 0 aliphatic rings. The Balaban J connectivity index is 2.36. The standard InChI is InChI=1S/C14H13F5N4O/c1-7(6-24)20-13-22-11(14(17,18)19)5-12(23-13)21-8-2-3-9(15)10(16)4-8/h2-5,7,24H,6H2,1H3,(H2,20,21,22,23)/t7-/m1/s1. The van der Waals surface area contributed by atoms with Crippen molar-refractivity contribution in [1.29, 1.82) is 0 Å². The summed E-state index contributed by atoms with van der Waals surface area (Å²) < 4.78 is 64.8. The van der Waals surface area contributed by atoms with E-state index in [0.29, 0.717) is 6.07 Å². The van der Waals surface area contributed by atoms with Gasteiger partial charge < -0.3 is 15.7 Å². The molecule has 1 atom stereocenters. The molecule has 0 unspecified atom stereocenters. The number of halogens is 5. The fourth-order valence-electron chi connectivity index (χ4n) is 1.71. The van der Waals surface area contributed by atoms with Gasteiger partial charge in [0.25, 0.3) is 0 Å². The maximum absolute atomic E-state index is 13.2. The molecule has 0 aliphatic heterocycles. The van der Waals surface area contributed by atoms with Crippen LogP contribution in [-0.2, 0) is 6.18 Å². The van der Waals surface area contributed by atoms with Crippen LogP contribution in [-0.4, -0.2) is 27.7 Å². The number of nitrogens with zero attached hydrogens (tertiary/aromatic N) is 2. The molecule has 2 aromatic rings. The maximum Gasteiger partial charge on any atom is 0.433 e. The molecule has 1 heterocycles. The van der Waals surface area contributed by atoms with E-state index in [-0.39, 0.29) is 24.1 Å². The summed E-state index contributed by atoms with van der Waals surface area (Å²) in [5, 5.41) is 13.9. The number of aromatic nitrogens is 2. The van der Waals surface area contributed by atoms with Gasteiger partial charge in [0.1, 0.15) is 5.82 Å². The zero-order valence-electron chi connectivity index (χ0n) is 12.3. The van der Waals surface area contributed by atoms with Crippen molar-refractivity contribution < 1.29 is 27.1 Å². The number of aliphatic hydroxyl groups excluding tert-OH is 1. The van der Waals surface area contributed by atoms with Crippen LogP contribution in [0.5, 0.6) is 0 Å². The summed E-state index contributed by atoms with van der Waals surface area (Å²) in [6.45, 7) is 1.18. The average molecular weight is 348 g/mol. The average Bonchev–Trinajstić information content (AvgIpc) is 2.49. The molecule has 2 rings (SSSR count). The first-order chi connectivity index (χ1) is 11.2. The van der Waals surface area contributed by atoms with Gasteiger partial charge in [-0.25, -0.2) is 13.8 Å². The lowest BCUT2D eigenvalue weighted by atomic mass is 10.3. The van der Waals surface area contributed by atoms with Crippen LogP contribution in [0.2, 0.25) is 0 Å². The number of hydrogen-bond acceptors (Lipinski definition) is 5. The van der Waals surface area contributed by atoms with E-state index >= 15 is 0 Å². The van der Waals surface area contributed by atoms with Crippen molar-refractivity contribution in [2.75, 3.05) is 17.2 Å². The predicted octanol–water partition coefficient (Wildman–Crippen LogP) is 3.31. The van der Waals surface area contributed by atoms with Crippen molar-refractivity contribution in [1.82, 2.24) is 9.97 Å². The Morgan fingerprint density at radius 2 is 1.83 bits per heavy atom.